The van der Waals surface area contributed by atoms with Crippen molar-refractivity contribution in [1.29, 1.82) is 0 Å². The molecule has 3 amide bonds. The largest absolute Gasteiger partial charge is 0.482 e. The van der Waals surface area contributed by atoms with Crippen LogP contribution in [0.1, 0.15) is 18.9 Å². The molecule has 0 aromatic heterocycles. The van der Waals surface area contributed by atoms with Gasteiger partial charge < -0.3 is 25.4 Å². The third-order valence-corrected chi connectivity index (χ3v) is 5.28. The molecule has 7 nitrogen and oxygen atoms in total. The second-order valence-corrected chi connectivity index (χ2v) is 7.87. The predicted octanol–water partition coefficient (Wildman–Crippen LogP) is 3.60. The number of hydrogen-bond donors (Lipinski definition) is 2. The summed E-state index contributed by atoms with van der Waals surface area (Å²) in [7, 11) is 0. The highest BCUT2D eigenvalue weighted by Crippen LogP contribution is 2.28. The van der Waals surface area contributed by atoms with Crippen molar-refractivity contribution >= 4 is 29.2 Å². The van der Waals surface area contributed by atoms with Gasteiger partial charge in [0.05, 0.1) is 24.4 Å². The number of amides is 3. The van der Waals surface area contributed by atoms with Crippen LogP contribution >= 0.6 is 11.6 Å². The first-order valence-corrected chi connectivity index (χ1v) is 10.3. The molecular weight excluding hydrogens is 425 g/mol. The molecule has 166 valence electrons. The van der Waals surface area contributed by atoms with Crippen LogP contribution in [0, 0.1) is 5.82 Å². The Morgan fingerprint density at radius 2 is 2.03 bits per heavy atom. The monoisotopic (exact) mass is 449 g/mol. The number of hydrogen-bond acceptors (Lipinski definition) is 4. The molecule has 9 heteroatoms. The number of nitrogens with two attached hydrogens (primary N) is 1. The Balaban J connectivity index is 1.56. The van der Waals surface area contributed by atoms with E-state index in [9.17, 15) is 14.0 Å². The quantitative estimate of drug-likeness (QED) is 0.675. The van der Waals surface area contributed by atoms with Crippen LogP contribution in [0.25, 0.3) is 0 Å². The summed E-state index contributed by atoms with van der Waals surface area (Å²) in [6.45, 7) is 2.58. The molecule has 0 aliphatic carbocycles. The summed E-state index contributed by atoms with van der Waals surface area (Å²) in [5.74, 6) is -0.161. The Bertz CT molecular complexity index is 925. The number of aryl methyl sites for hydroxylation is 1. The minimum Gasteiger partial charge on any atom is -0.482 e. The zero-order chi connectivity index (χ0) is 22.4. The lowest BCUT2D eigenvalue weighted by molar-refractivity contribution is -0.146. The molecule has 3 N–H and O–H groups in total. The minimum atomic E-state index is -0.760. The molecular formula is C22H25ClFN3O4. The van der Waals surface area contributed by atoms with Crippen molar-refractivity contribution in [3.63, 3.8) is 0 Å². The van der Waals surface area contributed by atoms with Crippen LogP contribution in [0.15, 0.2) is 42.5 Å². The molecule has 0 spiro atoms. The topological polar surface area (TPSA) is 93.9 Å². The molecule has 0 saturated carbocycles. The molecule has 0 radical (unpaired) electrons. The molecule has 3 rings (SSSR count). The van der Waals surface area contributed by atoms with Gasteiger partial charge in [0.15, 0.2) is 6.61 Å². The molecule has 0 bridgehead atoms. The zero-order valence-corrected chi connectivity index (χ0v) is 17.9. The molecule has 1 fully saturated rings. The maximum atomic E-state index is 13.1. The number of nitrogens with zero attached hydrogens (tertiary/aromatic N) is 1. The van der Waals surface area contributed by atoms with E-state index in [1.807, 2.05) is 6.92 Å². The summed E-state index contributed by atoms with van der Waals surface area (Å²) in [5, 5.41) is 2.83. The average Bonchev–Trinajstić information content (AvgIpc) is 2.73. The Kier molecular flexibility index (Phi) is 7.70. The average molecular weight is 450 g/mol. The number of primary amides is 1. The van der Waals surface area contributed by atoms with E-state index in [-0.39, 0.29) is 30.5 Å². The fourth-order valence-electron chi connectivity index (χ4n) is 3.40. The third-order valence-electron chi connectivity index (χ3n) is 5.04. The van der Waals surface area contributed by atoms with Gasteiger partial charge in [-0.1, -0.05) is 23.7 Å². The fourth-order valence-corrected chi connectivity index (χ4v) is 3.57. The number of carbonyl (C=O) groups excluding carboxylic acids is 2. The van der Waals surface area contributed by atoms with Gasteiger partial charge in [-0.3, -0.25) is 4.79 Å². The number of rotatable bonds is 7. The van der Waals surface area contributed by atoms with Crippen LogP contribution in [0.3, 0.4) is 0 Å². The van der Waals surface area contributed by atoms with Crippen molar-refractivity contribution < 1.29 is 23.5 Å². The highest BCUT2D eigenvalue weighted by molar-refractivity contribution is 6.31. The highest BCUT2D eigenvalue weighted by atomic mass is 35.5. The molecule has 1 heterocycles. The van der Waals surface area contributed by atoms with E-state index in [4.69, 9.17) is 26.8 Å². The summed E-state index contributed by atoms with van der Waals surface area (Å²) < 4.78 is 24.6. The van der Waals surface area contributed by atoms with E-state index in [0.717, 1.165) is 12.0 Å². The van der Waals surface area contributed by atoms with Gasteiger partial charge >= 0.3 is 6.03 Å². The second-order valence-electron chi connectivity index (χ2n) is 7.43. The second kappa shape index (κ2) is 10.5. The Morgan fingerprint density at radius 1 is 1.29 bits per heavy atom. The molecule has 1 unspecified atom stereocenters. The van der Waals surface area contributed by atoms with Crippen molar-refractivity contribution in [3.05, 3.63) is 58.9 Å². The number of carbonyl (C=O) groups is 2. The zero-order valence-electron chi connectivity index (χ0n) is 17.1. The first-order valence-electron chi connectivity index (χ1n) is 9.96. The molecule has 2 aromatic rings. The molecule has 1 saturated heterocycles. The lowest BCUT2D eigenvalue weighted by Crippen LogP contribution is -2.52. The molecule has 31 heavy (non-hydrogen) atoms. The third kappa shape index (κ3) is 6.57. The van der Waals surface area contributed by atoms with Gasteiger partial charge in [0, 0.05) is 11.6 Å². The molecule has 2 atom stereocenters. The van der Waals surface area contributed by atoms with Gasteiger partial charge in [0.2, 0.25) is 0 Å². The van der Waals surface area contributed by atoms with Crippen LogP contribution in [0.5, 0.6) is 5.75 Å². The summed E-state index contributed by atoms with van der Waals surface area (Å²) in [6.07, 6.45) is 1.32. The first-order chi connectivity index (χ1) is 14.8. The van der Waals surface area contributed by atoms with Gasteiger partial charge in [0.1, 0.15) is 11.6 Å². The van der Waals surface area contributed by atoms with E-state index in [1.54, 1.807) is 29.2 Å². The SMILES string of the molecule is C[C@H]1COC(CCc2ccc(F)cc2)CN1C(=O)COc1ccc(Cl)cc1NC(N)=O. The van der Waals surface area contributed by atoms with Crippen molar-refractivity contribution in [3.8, 4) is 5.75 Å². The Morgan fingerprint density at radius 3 is 2.74 bits per heavy atom. The number of benzene rings is 2. The number of halogens is 2. The van der Waals surface area contributed by atoms with Crippen LogP contribution in [0.2, 0.25) is 5.02 Å². The molecule has 1 aliphatic rings. The van der Waals surface area contributed by atoms with E-state index < -0.39 is 6.03 Å². The smallest absolute Gasteiger partial charge is 0.316 e. The van der Waals surface area contributed by atoms with Gasteiger partial charge in [-0.15, -0.1) is 0 Å². The maximum absolute atomic E-state index is 13.1. The number of ether oxygens (including phenoxy) is 2. The normalized spacial score (nSPS) is 18.5. The summed E-state index contributed by atoms with van der Waals surface area (Å²) in [5.41, 5.74) is 6.48. The highest BCUT2D eigenvalue weighted by Gasteiger charge is 2.29. The van der Waals surface area contributed by atoms with Crippen molar-refractivity contribution in [2.24, 2.45) is 5.73 Å². The summed E-state index contributed by atoms with van der Waals surface area (Å²) in [6, 6.07) is 10.2. The van der Waals surface area contributed by atoms with Crippen LogP contribution in [-0.4, -0.2) is 48.7 Å². The number of anilines is 1. The lowest BCUT2D eigenvalue weighted by Gasteiger charge is -2.38. The lowest BCUT2D eigenvalue weighted by atomic mass is 10.0. The van der Waals surface area contributed by atoms with Gasteiger partial charge in [0.25, 0.3) is 5.91 Å². The number of morpholine rings is 1. The van der Waals surface area contributed by atoms with E-state index >= 15 is 0 Å². The van der Waals surface area contributed by atoms with Crippen molar-refractivity contribution in [2.45, 2.75) is 31.9 Å². The fraction of sp³-hybridized carbons (Fsp3) is 0.364. The first kappa shape index (κ1) is 22.8. The summed E-state index contributed by atoms with van der Waals surface area (Å²) >= 11 is 5.95. The van der Waals surface area contributed by atoms with Crippen LogP contribution in [-0.2, 0) is 16.0 Å². The maximum Gasteiger partial charge on any atom is 0.316 e. The number of urea groups is 1. The predicted molar refractivity (Wildman–Crippen MR) is 116 cm³/mol. The van der Waals surface area contributed by atoms with E-state index in [0.29, 0.717) is 36.0 Å². The van der Waals surface area contributed by atoms with Gasteiger partial charge in [-0.25, -0.2) is 9.18 Å². The number of nitrogens with one attached hydrogen (secondary N) is 1. The van der Waals surface area contributed by atoms with E-state index in [1.165, 1.54) is 18.2 Å². The van der Waals surface area contributed by atoms with Crippen molar-refractivity contribution in [2.75, 3.05) is 25.1 Å². The van der Waals surface area contributed by atoms with Gasteiger partial charge in [-0.2, -0.15) is 0 Å². The minimum absolute atomic E-state index is 0.0911. The molecule has 1 aliphatic heterocycles. The van der Waals surface area contributed by atoms with Crippen LogP contribution < -0.4 is 15.8 Å². The standard InChI is InChI=1S/C22H25ClFN3O4/c1-14-12-30-18(8-4-15-2-6-17(24)7-3-15)11-27(14)21(28)13-31-20-9-5-16(23)10-19(20)26-22(25)29/h2-3,5-7,9-10,14,18H,4,8,11-13H2,1H3,(H3,25,26,29)/t14-,18?/m0/s1. The van der Waals surface area contributed by atoms with Crippen LogP contribution in [0.4, 0.5) is 14.9 Å². The Labute approximate surface area is 185 Å². The summed E-state index contributed by atoms with van der Waals surface area (Å²) in [4.78, 5) is 25.7. The molecule has 2 aromatic carbocycles. The van der Waals surface area contributed by atoms with Gasteiger partial charge in [-0.05, 0) is 55.7 Å². The Hall–Kier alpha value is -2.84. The van der Waals surface area contributed by atoms with Crippen molar-refractivity contribution in [1.82, 2.24) is 4.90 Å². The van der Waals surface area contributed by atoms with E-state index in [2.05, 4.69) is 5.32 Å².